The first-order valence-electron chi connectivity index (χ1n) is 9.34. The molecule has 5 rings (SSSR count). The molecule has 1 saturated heterocycles. The van der Waals surface area contributed by atoms with Gasteiger partial charge in [0.1, 0.15) is 5.82 Å². The molecule has 0 spiro atoms. The van der Waals surface area contributed by atoms with Crippen LogP contribution in [0.5, 0.6) is 0 Å². The second-order valence-electron chi connectivity index (χ2n) is 7.37. The zero-order valence-corrected chi connectivity index (χ0v) is 16.0. The van der Waals surface area contributed by atoms with Crippen LogP contribution in [0.3, 0.4) is 0 Å². The Morgan fingerprint density at radius 3 is 2.75 bits per heavy atom. The number of hydrogen-bond acceptors (Lipinski definition) is 8. The molecule has 3 aromatic rings. The summed E-state index contributed by atoms with van der Waals surface area (Å²) in [6.45, 7) is 1.81. The maximum Gasteiger partial charge on any atom is 0.258 e. The van der Waals surface area contributed by atoms with Gasteiger partial charge in [0.2, 0.25) is 11.6 Å². The van der Waals surface area contributed by atoms with Gasteiger partial charge in [-0.25, -0.2) is 13.4 Å². The lowest BCUT2D eigenvalue weighted by Crippen LogP contribution is -2.39. The quantitative estimate of drug-likeness (QED) is 0.687. The molecule has 10 heteroatoms. The summed E-state index contributed by atoms with van der Waals surface area (Å²) in [5.74, 6) is 3.03. The number of hydrogen-bond donors (Lipinski definition) is 1. The number of H-pyrrole nitrogens is 1. The Morgan fingerprint density at radius 1 is 1.14 bits per heavy atom. The monoisotopic (exact) mass is 400 g/mol. The summed E-state index contributed by atoms with van der Waals surface area (Å²) in [7, 11) is -2.87. The molecule has 0 bridgehead atoms. The topological polar surface area (TPSA) is 118 Å². The van der Waals surface area contributed by atoms with Crippen LogP contribution < -0.4 is 0 Å². The first-order valence-corrected chi connectivity index (χ1v) is 11.2. The Hall–Kier alpha value is -2.59. The van der Waals surface area contributed by atoms with Crippen LogP contribution in [-0.2, 0) is 16.4 Å². The number of sulfone groups is 1. The maximum atomic E-state index is 11.6. The Morgan fingerprint density at radius 2 is 1.96 bits per heavy atom. The van der Waals surface area contributed by atoms with Crippen LogP contribution in [0.2, 0.25) is 0 Å². The van der Waals surface area contributed by atoms with Crippen molar-refractivity contribution >= 4 is 9.84 Å². The Balaban J connectivity index is 1.31. The summed E-state index contributed by atoms with van der Waals surface area (Å²) in [4.78, 5) is 11.0. The van der Waals surface area contributed by atoms with Gasteiger partial charge < -0.3 is 4.52 Å². The molecule has 1 saturated carbocycles. The van der Waals surface area contributed by atoms with E-state index in [1.54, 1.807) is 0 Å². The van der Waals surface area contributed by atoms with Gasteiger partial charge in [-0.1, -0.05) is 17.3 Å². The normalized spacial score (nSPS) is 19.7. The van der Waals surface area contributed by atoms with Crippen molar-refractivity contribution in [2.45, 2.75) is 25.3 Å². The molecule has 0 unspecified atom stereocenters. The van der Waals surface area contributed by atoms with Gasteiger partial charge in [-0.15, -0.1) is 5.10 Å². The van der Waals surface area contributed by atoms with E-state index in [1.807, 2.05) is 24.3 Å². The van der Waals surface area contributed by atoms with E-state index in [-0.39, 0.29) is 11.5 Å². The molecular formula is C18H20N6O3S. The third-order valence-electron chi connectivity index (χ3n) is 5.11. The van der Waals surface area contributed by atoms with E-state index in [2.05, 4.69) is 30.2 Å². The minimum absolute atomic E-state index is 0.221. The summed E-state index contributed by atoms with van der Waals surface area (Å²) in [5.41, 5.74) is 1.89. The van der Waals surface area contributed by atoms with Gasteiger partial charge >= 0.3 is 0 Å². The number of aromatic amines is 1. The van der Waals surface area contributed by atoms with Gasteiger partial charge in [0, 0.05) is 31.1 Å². The van der Waals surface area contributed by atoms with Crippen molar-refractivity contribution in [2.75, 3.05) is 24.6 Å². The highest BCUT2D eigenvalue weighted by Gasteiger charge is 2.28. The van der Waals surface area contributed by atoms with Crippen molar-refractivity contribution in [1.82, 2.24) is 30.2 Å². The maximum absolute atomic E-state index is 11.6. The number of rotatable bonds is 5. The summed E-state index contributed by atoms with van der Waals surface area (Å²) < 4.78 is 28.6. The number of benzene rings is 1. The standard InChI is InChI=1S/C18H20N6O3S/c25-28(26)8-6-24(7-9-28)11-12-2-1-3-14(10-12)18-20-17(23-27-18)16-19-15(21-22-16)13-4-5-13/h1-3,10,13H,4-9,11H2,(H,19,21,22). The molecular weight excluding hydrogens is 380 g/mol. The largest absolute Gasteiger partial charge is 0.333 e. The van der Waals surface area contributed by atoms with Crippen LogP contribution in [0.4, 0.5) is 0 Å². The van der Waals surface area contributed by atoms with E-state index in [9.17, 15) is 8.42 Å². The fraction of sp³-hybridized carbons (Fsp3) is 0.444. The van der Waals surface area contributed by atoms with Crippen molar-refractivity contribution in [3.8, 4) is 23.1 Å². The van der Waals surface area contributed by atoms with Crippen LogP contribution in [0, 0.1) is 0 Å². The summed E-state index contributed by atoms with van der Waals surface area (Å²) in [6.07, 6.45) is 2.28. The average molecular weight is 400 g/mol. The van der Waals surface area contributed by atoms with Crippen molar-refractivity contribution in [3.63, 3.8) is 0 Å². The summed E-state index contributed by atoms with van der Waals surface area (Å²) in [5, 5.41) is 11.1. The molecule has 1 aliphatic carbocycles. The van der Waals surface area contributed by atoms with Crippen molar-refractivity contribution in [3.05, 3.63) is 35.7 Å². The summed E-state index contributed by atoms with van der Waals surface area (Å²) in [6, 6.07) is 7.86. The second kappa shape index (κ2) is 6.78. The van der Waals surface area contributed by atoms with E-state index < -0.39 is 9.84 Å². The first-order chi connectivity index (χ1) is 13.6. The van der Waals surface area contributed by atoms with Crippen molar-refractivity contribution < 1.29 is 12.9 Å². The van der Waals surface area contributed by atoms with Crippen LogP contribution in [0.25, 0.3) is 23.1 Å². The molecule has 0 amide bonds. The minimum atomic E-state index is -2.87. The van der Waals surface area contributed by atoms with E-state index in [1.165, 1.54) is 0 Å². The second-order valence-corrected chi connectivity index (χ2v) is 9.67. The lowest BCUT2D eigenvalue weighted by atomic mass is 10.1. The molecule has 3 heterocycles. The molecule has 1 aromatic carbocycles. The highest BCUT2D eigenvalue weighted by molar-refractivity contribution is 7.91. The van der Waals surface area contributed by atoms with E-state index in [0.29, 0.717) is 43.1 Å². The predicted octanol–water partition coefficient (Wildman–Crippen LogP) is 1.63. The lowest BCUT2D eigenvalue weighted by molar-refractivity contribution is 0.287. The van der Waals surface area contributed by atoms with Crippen LogP contribution >= 0.6 is 0 Å². The third kappa shape index (κ3) is 3.69. The fourth-order valence-electron chi connectivity index (χ4n) is 3.31. The van der Waals surface area contributed by atoms with Crippen LogP contribution in [-0.4, -0.2) is 63.2 Å². The third-order valence-corrected chi connectivity index (χ3v) is 6.72. The Kier molecular flexibility index (Phi) is 4.24. The fourth-order valence-corrected chi connectivity index (χ4v) is 4.59. The molecule has 146 valence electrons. The lowest BCUT2D eigenvalue weighted by Gasteiger charge is -2.26. The van der Waals surface area contributed by atoms with Gasteiger partial charge in [0.15, 0.2) is 9.84 Å². The molecule has 0 radical (unpaired) electrons. The number of nitrogens with one attached hydrogen (secondary N) is 1. The predicted molar refractivity (Wildman–Crippen MR) is 101 cm³/mol. The molecule has 1 N–H and O–H groups in total. The van der Waals surface area contributed by atoms with Crippen molar-refractivity contribution in [2.24, 2.45) is 0 Å². The highest BCUT2D eigenvalue weighted by Crippen LogP contribution is 2.38. The van der Waals surface area contributed by atoms with Gasteiger partial charge in [0.25, 0.3) is 5.89 Å². The zero-order chi connectivity index (χ0) is 19.1. The first kappa shape index (κ1) is 17.5. The van der Waals surface area contributed by atoms with Crippen molar-refractivity contribution in [1.29, 1.82) is 0 Å². The molecule has 9 nitrogen and oxygen atoms in total. The van der Waals surface area contributed by atoms with Gasteiger partial charge in [0.05, 0.1) is 11.5 Å². The van der Waals surface area contributed by atoms with E-state index in [4.69, 9.17) is 4.52 Å². The molecule has 1 aliphatic heterocycles. The number of nitrogens with zero attached hydrogens (tertiary/aromatic N) is 5. The van der Waals surface area contributed by atoms with E-state index in [0.717, 1.165) is 29.8 Å². The number of aromatic nitrogens is 5. The van der Waals surface area contributed by atoms with Gasteiger partial charge in [-0.3, -0.25) is 10.00 Å². The molecule has 0 atom stereocenters. The van der Waals surface area contributed by atoms with E-state index >= 15 is 0 Å². The Bertz CT molecular complexity index is 1090. The summed E-state index contributed by atoms with van der Waals surface area (Å²) >= 11 is 0. The molecule has 2 aliphatic rings. The van der Waals surface area contributed by atoms with Crippen LogP contribution in [0.1, 0.15) is 30.1 Å². The minimum Gasteiger partial charge on any atom is -0.333 e. The smallest absolute Gasteiger partial charge is 0.258 e. The SMILES string of the molecule is O=S1(=O)CCN(Cc2cccc(-c3nc(-c4n[nH]c(C5CC5)n4)no3)c2)CC1. The average Bonchev–Trinajstić information content (AvgIpc) is 3.21. The molecule has 2 aromatic heterocycles. The van der Waals surface area contributed by atoms with Gasteiger partial charge in [-0.05, 0) is 30.5 Å². The van der Waals surface area contributed by atoms with Crippen LogP contribution in [0.15, 0.2) is 28.8 Å². The zero-order valence-electron chi connectivity index (χ0n) is 15.2. The highest BCUT2D eigenvalue weighted by atomic mass is 32.2. The molecule has 2 fully saturated rings. The van der Waals surface area contributed by atoms with Gasteiger partial charge in [-0.2, -0.15) is 4.98 Å². The Labute approximate surface area is 162 Å². The molecule has 28 heavy (non-hydrogen) atoms.